The van der Waals surface area contributed by atoms with Gasteiger partial charge in [-0.15, -0.1) is 0 Å². The molecule has 1 fully saturated rings. The fourth-order valence-corrected chi connectivity index (χ4v) is 1.75. The molecule has 0 radical (unpaired) electrons. The molecule has 0 spiro atoms. The summed E-state index contributed by atoms with van der Waals surface area (Å²) in [5.41, 5.74) is 0. The molecule has 1 atom stereocenters. The minimum Gasteiger partial charge on any atom is -0.304 e. The van der Waals surface area contributed by atoms with Crippen molar-refractivity contribution in [2.75, 3.05) is 67.0 Å². The normalized spacial score (nSPS) is 29.6. The van der Waals surface area contributed by atoms with Crippen molar-refractivity contribution in [3.8, 4) is 0 Å². The summed E-state index contributed by atoms with van der Waals surface area (Å²) in [4.78, 5) is 6.58. The van der Waals surface area contributed by atoms with Crippen LogP contribution >= 0.6 is 0 Å². The van der Waals surface area contributed by atoms with Crippen LogP contribution in [0.15, 0.2) is 0 Å². The fourth-order valence-electron chi connectivity index (χ4n) is 1.75. The highest BCUT2D eigenvalue weighted by Crippen LogP contribution is 1.95. The monoisotopic (exact) mass is 232 g/mol. The molecule has 1 unspecified atom stereocenters. The summed E-state index contributed by atoms with van der Waals surface area (Å²) in [6.45, 7) is 6.12. The Bertz CT molecular complexity index is 191. The van der Waals surface area contributed by atoms with Crippen LogP contribution in [0.5, 0.6) is 0 Å². The number of hydrogen-bond donors (Lipinski definition) is 1. The summed E-state index contributed by atoms with van der Waals surface area (Å²) in [6, 6.07) is 0. The lowest BCUT2D eigenvalue weighted by Gasteiger charge is -2.27. The van der Waals surface area contributed by atoms with E-state index in [9.17, 15) is 4.39 Å². The summed E-state index contributed by atoms with van der Waals surface area (Å²) in [5.74, 6) is 0. The first kappa shape index (κ1) is 13.8. The van der Waals surface area contributed by atoms with Gasteiger partial charge in [-0.05, 0) is 21.1 Å². The highest BCUT2D eigenvalue weighted by Gasteiger charge is 2.12. The quantitative estimate of drug-likeness (QED) is 0.578. The average molecular weight is 232 g/mol. The minimum atomic E-state index is -0.914. The standard InChI is InChI=1S/C11H25FN4/c1-14-5-4-13-11(12)10-16(3)9-8-15(2)7-6-14/h11,13H,4-10H2,1-3H3. The smallest absolute Gasteiger partial charge is 0.163 e. The van der Waals surface area contributed by atoms with Gasteiger partial charge < -0.3 is 14.7 Å². The average Bonchev–Trinajstić information content (AvgIpc) is 2.22. The van der Waals surface area contributed by atoms with Gasteiger partial charge in [-0.1, -0.05) is 0 Å². The summed E-state index contributed by atoms with van der Waals surface area (Å²) >= 11 is 0. The van der Waals surface area contributed by atoms with Gasteiger partial charge in [0.2, 0.25) is 0 Å². The molecule has 0 aromatic heterocycles. The first-order valence-corrected chi connectivity index (χ1v) is 6.01. The molecule has 0 amide bonds. The third-order valence-corrected chi connectivity index (χ3v) is 3.06. The van der Waals surface area contributed by atoms with Crippen LogP contribution in [-0.2, 0) is 0 Å². The van der Waals surface area contributed by atoms with E-state index in [1.807, 2.05) is 11.9 Å². The van der Waals surface area contributed by atoms with Crippen molar-refractivity contribution >= 4 is 0 Å². The molecule has 0 aromatic rings. The Hall–Kier alpha value is -0.230. The van der Waals surface area contributed by atoms with Gasteiger partial charge in [0.15, 0.2) is 6.30 Å². The van der Waals surface area contributed by atoms with Crippen LogP contribution < -0.4 is 5.32 Å². The van der Waals surface area contributed by atoms with Crippen LogP contribution in [0.4, 0.5) is 4.39 Å². The maximum atomic E-state index is 13.5. The second-order valence-electron chi connectivity index (χ2n) is 4.79. The molecule has 0 bridgehead atoms. The predicted octanol–water partition coefficient (Wildman–Crippen LogP) is -0.319. The van der Waals surface area contributed by atoms with Crippen molar-refractivity contribution < 1.29 is 4.39 Å². The molecule has 16 heavy (non-hydrogen) atoms. The van der Waals surface area contributed by atoms with Crippen molar-refractivity contribution in [2.45, 2.75) is 6.30 Å². The lowest BCUT2D eigenvalue weighted by molar-refractivity contribution is 0.156. The van der Waals surface area contributed by atoms with E-state index in [-0.39, 0.29) is 0 Å². The van der Waals surface area contributed by atoms with E-state index in [1.165, 1.54) is 0 Å². The number of rotatable bonds is 0. The number of nitrogens with zero attached hydrogens (tertiary/aromatic N) is 3. The van der Waals surface area contributed by atoms with Crippen molar-refractivity contribution in [1.29, 1.82) is 0 Å². The molecular formula is C11H25FN4. The molecule has 1 saturated heterocycles. The summed E-state index contributed by atoms with van der Waals surface area (Å²) in [5, 5.41) is 2.91. The first-order valence-electron chi connectivity index (χ1n) is 6.01. The highest BCUT2D eigenvalue weighted by atomic mass is 19.1. The van der Waals surface area contributed by atoms with E-state index in [4.69, 9.17) is 0 Å². The summed E-state index contributed by atoms with van der Waals surface area (Å²) in [6.07, 6.45) is -0.914. The maximum absolute atomic E-state index is 13.5. The van der Waals surface area contributed by atoms with Crippen LogP contribution in [-0.4, -0.2) is 88.0 Å². The Morgan fingerprint density at radius 3 is 2.00 bits per heavy atom. The molecule has 1 aliphatic rings. The van der Waals surface area contributed by atoms with E-state index < -0.39 is 6.30 Å². The summed E-state index contributed by atoms with van der Waals surface area (Å²) in [7, 11) is 6.18. The highest BCUT2D eigenvalue weighted by molar-refractivity contribution is 4.66. The Balaban J connectivity index is 2.40. The van der Waals surface area contributed by atoms with Crippen LogP contribution in [0.25, 0.3) is 0 Å². The van der Waals surface area contributed by atoms with Gasteiger partial charge in [-0.3, -0.25) is 5.32 Å². The van der Waals surface area contributed by atoms with Gasteiger partial charge in [0, 0.05) is 45.8 Å². The first-order chi connectivity index (χ1) is 7.58. The van der Waals surface area contributed by atoms with E-state index in [1.54, 1.807) is 0 Å². The van der Waals surface area contributed by atoms with Gasteiger partial charge in [0.05, 0.1) is 0 Å². The summed E-state index contributed by atoms with van der Waals surface area (Å²) < 4.78 is 13.5. The SMILES string of the molecule is CN1CCNC(F)CN(C)CCN(C)CC1. The number of halogens is 1. The van der Waals surface area contributed by atoms with Gasteiger partial charge in [0.1, 0.15) is 0 Å². The van der Waals surface area contributed by atoms with Crippen molar-refractivity contribution in [2.24, 2.45) is 0 Å². The van der Waals surface area contributed by atoms with E-state index in [0.29, 0.717) is 6.54 Å². The number of alkyl halides is 1. The zero-order chi connectivity index (χ0) is 12.0. The Morgan fingerprint density at radius 2 is 1.38 bits per heavy atom. The van der Waals surface area contributed by atoms with Crippen LogP contribution in [0, 0.1) is 0 Å². The molecule has 0 aromatic carbocycles. The molecule has 1 heterocycles. The van der Waals surface area contributed by atoms with Gasteiger partial charge in [0.25, 0.3) is 0 Å². The molecule has 1 N–H and O–H groups in total. The fraction of sp³-hybridized carbons (Fsp3) is 1.00. The number of nitrogens with one attached hydrogen (secondary N) is 1. The Kier molecular flexibility index (Phi) is 6.20. The molecule has 4 nitrogen and oxygen atoms in total. The lowest BCUT2D eigenvalue weighted by Crippen LogP contribution is -2.44. The zero-order valence-electron chi connectivity index (χ0n) is 10.7. The maximum Gasteiger partial charge on any atom is 0.163 e. The number of hydrogen-bond acceptors (Lipinski definition) is 4. The minimum absolute atomic E-state index is 0.470. The Labute approximate surface area is 98.4 Å². The molecule has 0 aliphatic carbocycles. The van der Waals surface area contributed by atoms with Gasteiger partial charge in [-0.25, -0.2) is 4.39 Å². The van der Waals surface area contributed by atoms with Gasteiger partial charge in [-0.2, -0.15) is 0 Å². The van der Waals surface area contributed by atoms with Crippen molar-refractivity contribution in [1.82, 2.24) is 20.0 Å². The molecule has 5 heteroatoms. The molecular weight excluding hydrogens is 207 g/mol. The third-order valence-electron chi connectivity index (χ3n) is 3.06. The van der Waals surface area contributed by atoms with Crippen LogP contribution in [0.1, 0.15) is 0 Å². The van der Waals surface area contributed by atoms with Gasteiger partial charge >= 0.3 is 0 Å². The van der Waals surface area contributed by atoms with Crippen molar-refractivity contribution in [3.05, 3.63) is 0 Å². The molecule has 1 rings (SSSR count). The van der Waals surface area contributed by atoms with Crippen LogP contribution in [0.2, 0.25) is 0 Å². The predicted molar refractivity (Wildman–Crippen MR) is 65.4 cm³/mol. The van der Waals surface area contributed by atoms with E-state index in [0.717, 1.165) is 39.3 Å². The number of likely N-dealkylation sites (N-methyl/N-ethyl adjacent to an activating group) is 3. The van der Waals surface area contributed by atoms with Crippen molar-refractivity contribution in [3.63, 3.8) is 0 Å². The third kappa shape index (κ3) is 5.75. The molecule has 1 aliphatic heterocycles. The topological polar surface area (TPSA) is 21.8 Å². The lowest BCUT2D eigenvalue weighted by atomic mass is 10.4. The second kappa shape index (κ2) is 7.17. The Morgan fingerprint density at radius 1 is 0.875 bits per heavy atom. The largest absolute Gasteiger partial charge is 0.304 e. The molecule has 0 saturated carbocycles. The van der Waals surface area contributed by atoms with Crippen LogP contribution in [0.3, 0.4) is 0 Å². The zero-order valence-corrected chi connectivity index (χ0v) is 10.7. The van der Waals surface area contributed by atoms with E-state index >= 15 is 0 Å². The van der Waals surface area contributed by atoms with E-state index in [2.05, 4.69) is 29.2 Å². The second-order valence-corrected chi connectivity index (χ2v) is 4.79. The molecule has 96 valence electrons.